The van der Waals surface area contributed by atoms with Crippen molar-refractivity contribution in [3.05, 3.63) is 64.6 Å². The van der Waals surface area contributed by atoms with Crippen LogP contribution in [0.3, 0.4) is 0 Å². The maximum Gasteiger partial charge on any atom is 0.263 e. The van der Waals surface area contributed by atoms with E-state index < -0.39 is 15.9 Å². The van der Waals surface area contributed by atoms with Gasteiger partial charge < -0.3 is 16.0 Å². The van der Waals surface area contributed by atoms with Crippen LogP contribution in [0.2, 0.25) is 0 Å². The number of fused-ring (bicyclic) bond motifs is 2. The van der Waals surface area contributed by atoms with Crippen molar-refractivity contribution in [3.63, 3.8) is 0 Å². The van der Waals surface area contributed by atoms with Gasteiger partial charge in [-0.1, -0.05) is 0 Å². The smallest absolute Gasteiger partial charge is 0.263 e. The molecule has 2 aliphatic rings. The fraction of sp³-hybridized carbons (Fsp3) is 0.321. The third-order valence-electron chi connectivity index (χ3n) is 7.50. The van der Waals surface area contributed by atoms with Gasteiger partial charge in [-0.05, 0) is 75.4 Å². The molecule has 6 rings (SSSR count). The Morgan fingerprint density at radius 3 is 2.49 bits per heavy atom. The average Bonchev–Trinajstić information content (AvgIpc) is 3.59. The standard InChI is InChI=1S/C28H30N8O4S/c1-14-9-20(10-15(2)30-14)31-27(37)24-25(29)33-36-8-7-21(32-26(24)36)18-11-19-13-35(16(3)17-5-6-17)28(38)23(19)22(12-18)34-41(4,39)40/h7-12,16-17,34H,5-6,13H2,1-4H3,(H2,29,33)(H,30,31,37). The molecule has 41 heavy (non-hydrogen) atoms. The van der Waals surface area contributed by atoms with Crippen LogP contribution in [0.5, 0.6) is 0 Å². The number of hydrogen-bond acceptors (Lipinski definition) is 8. The third-order valence-corrected chi connectivity index (χ3v) is 8.09. The van der Waals surface area contributed by atoms with Gasteiger partial charge in [-0.25, -0.2) is 17.9 Å². The number of aromatic nitrogens is 4. The molecule has 3 aromatic heterocycles. The monoisotopic (exact) mass is 574 g/mol. The zero-order valence-corrected chi connectivity index (χ0v) is 23.9. The Labute approximate surface area is 237 Å². The van der Waals surface area contributed by atoms with Gasteiger partial charge in [0.2, 0.25) is 10.0 Å². The van der Waals surface area contributed by atoms with E-state index in [4.69, 9.17) is 10.7 Å². The summed E-state index contributed by atoms with van der Waals surface area (Å²) in [6.45, 7) is 6.08. The molecular formula is C28H30N8O4S. The summed E-state index contributed by atoms with van der Waals surface area (Å²) >= 11 is 0. The van der Waals surface area contributed by atoms with E-state index in [-0.39, 0.29) is 34.7 Å². The van der Waals surface area contributed by atoms with Gasteiger partial charge in [0.05, 0.1) is 23.2 Å². The van der Waals surface area contributed by atoms with Gasteiger partial charge in [-0.3, -0.25) is 19.3 Å². The van der Waals surface area contributed by atoms with Crippen molar-refractivity contribution in [3.8, 4) is 11.3 Å². The second-order valence-electron chi connectivity index (χ2n) is 10.9. The summed E-state index contributed by atoms with van der Waals surface area (Å²) in [7, 11) is -3.68. The number of hydrogen-bond donors (Lipinski definition) is 3. The third kappa shape index (κ3) is 5.08. The molecule has 1 saturated carbocycles. The quantitative estimate of drug-likeness (QED) is 0.302. The lowest BCUT2D eigenvalue weighted by molar-refractivity contribution is 0.0698. The molecule has 4 N–H and O–H groups in total. The Hall–Kier alpha value is -4.52. The van der Waals surface area contributed by atoms with Crippen LogP contribution in [-0.2, 0) is 16.6 Å². The maximum absolute atomic E-state index is 13.4. The van der Waals surface area contributed by atoms with Crippen molar-refractivity contribution in [2.75, 3.05) is 22.0 Å². The minimum Gasteiger partial charge on any atom is -0.381 e. The summed E-state index contributed by atoms with van der Waals surface area (Å²) in [6, 6.07) is 8.71. The largest absolute Gasteiger partial charge is 0.381 e. The number of nitrogens with one attached hydrogen (secondary N) is 2. The van der Waals surface area contributed by atoms with Gasteiger partial charge in [0.15, 0.2) is 11.5 Å². The van der Waals surface area contributed by atoms with Crippen LogP contribution in [0.15, 0.2) is 36.5 Å². The summed E-state index contributed by atoms with van der Waals surface area (Å²) in [5.74, 6) is -0.196. The normalized spacial score (nSPS) is 15.7. The Bertz CT molecular complexity index is 1840. The van der Waals surface area contributed by atoms with Gasteiger partial charge in [0, 0.05) is 41.4 Å². The van der Waals surface area contributed by atoms with E-state index in [2.05, 4.69) is 20.1 Å². The SMILES string of the molecule is Cc1cc(NC(=O)c2c(N)nn3ccc(-c4cc5c(c(NS(C)(=O)=O)c4)C(=O)N(C(C)C4CC4)C5)nc23)cc(C)n1. The van der Waals surface area contributed by atoms with Gasteiger partial charge in [0.1, 0.15) is 5.56 Å². The second kappa shape index (κ2) is 9.54. The number of aryl methyl sites for hydroxylation is 2. The Morgan fingerprint density at radius 2 is 1.83 bits per heavy atom. The van der Waals surface area contributed by atoms with E-state index in [1.54, 1.807) is 35.4 Å². The number of amides is 2. The molecule has 2 amide bonds. The van der Waals surface area contributed by atoms with Crippen LogP contribution < -0.4 is 15.8 Å². The number of sulfonamides is 1. The zero-order valence-electron chi connectivity index (χ0n) is 23.1. The van der Waals surface area contributed by atoms with Crippen molar-refractivity contribution in [2.45, 2.75) is 46.2 Å². The minimum absolute atomic E-state index is 0.0123. The number of nitrogens with two attached hydrogens (primary N) is 1. The number of nitrogen functional groups attached to an aromatic ring is 1. The molecular weight excluding hydrogens is 544 g/mol. The molecule has 1 fully saturated rings. The highest BCUT2D eigenvalue weighted by molar-refractivity contribution is 7.92. The number of nitrogens with zero attached hydrogens (tertiary/aromatic N) is 5. The van der Waals surface area contributed by atoms with Crippen molar-refractivity contribution in [1.29, 1.82) is 0 Å². The lowest BCUT2D eigenvalue weighted by Crippen LogP contribution is -2.34. The maximum atomic E-state index is 13.4. The molecule has 1 atom stereocenters. The first kappa shape index (κ1) is 26.7. The lowest BCUT2D eigenvalue weighted by Gasteiger charge is -2.24. The molecule has 1 aromatic carbocycles. The predicted octanol–water partition coefficient (Wildman–Crippen LogP) is 3.37. The summed E-state index contributed by atoms with van der Waals surface area (Å²) < 4.78 is 28.4. The number of carbonyl (C=O) groups excluding carboxylic acids is 2. The first-order valence-electron chi connectivity index (χ1n) is 13.3. The molecule has 12 nitrogen and oxygen atoms in total. The van der Waals surface area contributed by atoms with Crippen LogP contribution in [-0.4, -0.2) is 57.0 Å². The number of pyridine rings is 1. The highest BCUT2D eigenvalue weighted by Gasteiger charge is 2.40. The van der Waals surface area contributed by atoms with Crippen molar-refractivity contribution >= 4 is 44.7 Å². The first-order chi connectivity index (χ1) is 19.4. The summed E-state index contributed by atoms with van der Waals surface area (Å²) in [4.78, 5) is 37.6. The van der Waals surface area contributed by atoms with E-state index >= 15 is 0 Å². The molecule has 0 radical (unpaired) electrons. The Kier molecular flexibility index (Phi) is 6.21. The second-order valence-corrected chi connectivity index (χ2v) is 12.6. The highest BCUT2D eigenvalue weighted by Crippen LogP contribution is 2.41. The van der Waals surface area contributed by atoms with Crippen LogP contribution in [0.1, 0.15) is 57.4 Å². The van der Waals surface area contributed by atoms with Crippen LogP contribution in [0.25, 0.3) is 16.9 Å². The fourth-order valence-electron chi connectivity index (χ4n) is 5.49. The minimum atomic E-state index is -3.68. The van der Waals surface area contributed by atoms with Crippen LogP contribution >= 0.6 is 0 Å². The Balaban J connectivity index is 1.41. The molecule has 0 saturated heterocycles. The molecule has 4 heterocycles. The van der Waals surface area contributed by atoms with Crippen molar-refractivity contribution in [2.24, 2.45) is 5.92 Å². The number of anilines is 3. The number of carbonyl (C=O) groups is 2. The average molecular weight is 575 g/mol. The first-order valence-corrected chi connectivity index (χ1v) is 15.1. The van der Waals surface area contributed by atoms with E-state index in [0.717, 1.165) is 30.5 Å². The van der Waals surface area contributed by atoms with Gasteiger partial charge in [-0.15, -0.1) is 5.10 Å². The molecule has 0 spiro atoms. The fourth-order valence-corrected chi connectivity index (χ4v) is 6.05. The molecule has 13 heteroatoms. The molecule has 212 valence electrons. The number of rotatable bonds is 7. The predicted molar refractivity (Wildman–Crippen MR) is 155 cm³/mol. The van der Waals surface area contributed by atoms with Crippen LogP contribution in [0.4, 0.5) is 17.2 Å². The topological polar surface area (TPSA) is 165 Å². The summed E-state index contributed by atoms with van der Waals surface area (Å²) in [6.07, 6.45) is 4.84. The summed E-state index contributed by atoms with van der Waals surface area (Å²) in [5, 5.41) is 7.10. The molecule has 0 bridgehead atoms. The van der Waals surface area contributed by atoms with Gasteiger partial charge in [-0.2, -0.15) is 0 Å². The van der Waals surface area contributed by atoms with Crippen LogP contribution in [0, 0.1) is 19.8 Å². The van der Waals surface area contributed by atoms with Crippen molar-refractivity contribution < 1.29 is 18.0 Å². The Morgan fingerprint density at radius 1 is 1.12 bits per heavy atom. The summed E-state index contributed by atoms with van der Waals surface area (Å²) in [5.41, 5.74) is 10.9. The zero-order chi connectivity index (χ0) is 29.2. The lowest BCUT2D eigenvalue weighted by atomic mass is 10.0. The molecule has 4 aromatic rings. The van der Waals surface area contributed by atoms with Crippen molar-refractivity contribution in [1.82, 2.24) is 24.5 Å². The van der Waals surface area contributed by atoms with E-state index in [0.29, 0.717) is 40.5 Å². The van der Waals surface area contributed by atoms with Gasteiger partial charge in [0.25, 0.3) is 11.8 Å². The molecule has 1 unspecified atom stereocenters. The number of benzene rings is 1. The van der Waals surface area contributed by atoms with Gasteiger partial charge >= 0.3 is 0 Å². The molecule has 1 aliphatic heterocycles. The highest BCUT2D eigenvalue weighted by atomic mass is 32.2. The van der Waals surface area contributed by atoms with E-state index in [1.807, 2.05) is 26.8 Å². The van der Waals surface area contributed by atoms with E-state index in [1.165, 1.54) is 4.52 Å². The molecule has 1 aliphatic carbocycles. The van der Waals surface area contributed by atoms with E-state index in [9.17, 15) is 18.0 Å².